The fourth-order valence-electron chi connectivity index (χ4n) is 2.97. The number of hydrogen-bond acceptors (Lipinski definition) is 5. The second-order valence-corrected chi connectivity index (χ2v) is 5.83. The monoisotopic (exact) mass is 305 g/mol. The molecule has 0 aliphatic carbocycles. The van der Waals surface area contributed by atoms with Gasteiger partial charge in [0.2, 0.25) is 0 Å². The van der Waals surface area contributed by atoms with Gasteiger partial charge in [-0.05, 0) is 17.7 Å². The minimum atomic E-state index is -0.327. The average Bonchev–Trinajstić information content (AvgIpc) is 2.56. The summed E-state index contributed by atoms with van der Waals surface area (Å²) < 4.78 is 5.53. The fourth-order valence-corrected chi connectivity index (χ4v) is 2.97. The summed E-state index contributed by atoms with van der Waals surface area (Å²) in [5.74, 6) is 0.400. The average molecular weight is 305 g/mol. The molecule has 1 amide bonds. The number of nitrogens with one attached hydrogen (secondary N) is 1. The van der Waals surface area contributed by atoms with Crippen LogP contribution in [-0.4, -0.2) is 72.8 Å². The number of rotatable bonds is 3. The quantitative estimate of drug-likeness (QED) is 0.824. The van der Waals surface area contributed by atoms with Gasteiger partial charge in [0.05, 0.1) is 6.61 Å². The minimum absolute atomic E-state index is 0.101. The zero-order valence-corrected chi connectivity index (χ0v) is 12.7. The number of aromatic hydroxyl groups is 1. The second kappa shape index (κ2) is 7.09. The van der Waals surface area contributed by atoms with E-state index in [1.807, 2.05) is 17.0 Å². The van der Waals surface area contributed by atoms with Crippen molar-refractivity contribution in [2.24, 2.45) is 0 Å². The van der Waals surface area contributed by atoms with Gasteiger partial charge in [0, 0.05) is 45.8 Å². The highest BCUT2D eigenvalue weighted by atomic mass is 16.5. The molecule has 0 saturated carbocycles. The third-order valence-corrected chi connectivity index (χ3v) is 4.20. The summed E-state index contributed by atoms with van der Waals surface area (Å²) in [5.41, 5.74) is 1.10. The van der Waals surface area contributed by atoms with Crippen LogP contribution < -0.4 is 5.32 Å². The van der Waals surface area contributed by atoms with Crippen molar-refractivity contribution in [2.45, 2.75) is 12.6 Å². The number of amides is 1. The lowest BCUT2D eigenvalue weighted by Gasteiger charge is -2.37. The molecule has 3 rings (SSSR count). The van der Waals surface area contributed by atoms with E-state index in [1.54, 1.807) is 12.1 Å². The molecule has 22 heavy (non-hydrogen) atoms. The summed E-state index contributed by atoms with van der Waals surface area (Å²) in [7, 11) is 0. The molecule has 0 aromatic heterocycles. The molecule has 1 aromatic carbocycles. The predicted octanol–water partition coefficient (Wildman–Crippen LogP) is 0.0248. The van der Waals surface area contributed by atoms with Crippen molar-refractivity contribution in [3.05, 3.63) is 29.8 Å². The molecule has 120 valence electrons. The minimum Gasteiger partial charge on any atom is -0.508 e. The highest BCUT2D eigenvalue weighted by Gasteiger charge is 2.29. The van der Waals surface area contributed by atoms with Crippen molar-refractivity contribution in [2.75, 3.05) is 45.9 Å². The maximum Gasteiger partial charge on any atom is 0.253 e. The van der Waals surface area contributed by atoms with Crippen molar-refractivity contribution < 1.29 is 14.6 Å². The largest absolute Gasteiger partial charge is 0.508 e. The van der Waals surface area contributed by atoms with Crippen LogP contribution in [0.2, 0.25) is 0 Å². The topological polar surface area (TPSA) is 65.0 Å². The Kier molecular flexibility index (Phi) is 4.92. The zero-order chi connectivity index (χ0) is 15.4. The Morgan fingerprint density at radius 1 is 1.32 bits per heavy atom. The first-order valence-corrected chi connectivity index (χ1v) is 7.84. The Labute approximate surface area is 130 Å². The Balaban J connectivity index is 1.48. The molecule has 2 fully saturated rings. The standard InChI is InChI=1S/C16H23N3O3/c20-14-3-1-2-13(10-14)12-18-5-7-19(8-6-18)16(21)15-11-17-4-9-22-15/h1-3,10,15,17,20H,4-9,11-12H2. The SMILES string of the molecule is O=C(C1CNCCO1)N1CCN(Cc2cccc(O)c2)CC1. The summed E-state index contributed by atoms with van der Waals surface area (Å²) in [5, 5.41) is 12.7. The molecule has 0 bridgehead atoms. The van der Waals surface area contributed by atoms with Crippen LogP contribution in [-0.2, 0) is 16.1 Å². The molecule has 1 aromatic rings. The van der Waals surface area contributed by atoms with Crippen molar-refractivity contribution in [1.82, 2.24) is 15.1 Å². The van der Waals surface area contributed by atoms with Crippen molar-refractivity contribution >= 4 is 5.91 Å². The third-order valence-electron chi connectivity index (χ3n) is 4.20. The van der Waals surface area contributed by atoms with Gasteiger partial charge in [-0.2, -0.15) is 0 Å². The van der Waals surface area contributed by atoms with Gasteiger partial charge in [0.1, 0.15) is 11.9 Å². The summed E-state index contributed by atoms with van der Waals surface area (Å²) in [6, 6.07) is 7.34. The summed E-state index contributed by atoms with van der Waals surface area (Å²) in [6.07, 6.45) is -0.327. The number of morpholine rings is 1. The van der Waals surface area contributed by atoms with Gasteiger partial charge in [-0.1, -0.05) is 12.1 Å². The van der Waals surface area contributed by atoms with Gasteiger partial charge >= 0.3 is 0 Å². The van der Waals surface area contributed by atoms with Gasteiger partial charge in [0.15, 0.2) is 0 Å². The van der Waals surface area contributed by atoms with Gasteiger partial charge in [-0.25, -0.2) is 0 Å². The molecule has 2 heterocycles. The molecular formula is C16H23N3O3. The summed E-state index contributed by atoms with van der Waals surface area (Å²) in [6.45, 7) is 6.01. The maximum atomic E-state index is 12.4. The molecule has 0 spiro atoms. The van der Waals surface area contributed by atoms with Crippen LogP contribution in [0.3, 0.4) is 0 Å². The summed E-state index contributed by atoms with van der Waals surface area (Å²) >= 11 is 0. The Morgan fingerprint density at radius 3 is 2.82 bits per heavy atom. The van der Waals surface area contributed by atoms with E-state index < -0.39 is 0 Å². The lowest BCUT2D eigenvalue weighted by Crippen LogP contribution is -2.54. The molecule has 1 atom stereocenters. The molecule has 6 nitrogen and oxygen atoms in total. The number of hydrogen-bond donors (Lipinski definition) is 2. The van der Waals surface area contributed by atoms with E-state index in [0.717, 1.165) is 44.8 Å². The molecule has 2 saturated heterocycles. The normalized spacial score (nSPS) is 23.5. The number of nitrogens with zero attached hydrogens (tertiary/aromatic N) is 2. The highest BCUT2D eigenvalue weighted by Crippen LogP contribution is 2.15. The molecular weight excluding hydrogens is 282 g/mol. The number of ether oxygens (including phenoxy) is 1. The molecule has 2 aliphatic rings. The van der Waals surface area contributed by atoms with Gasteiger partial charge in [-0.3, -0.25) is 9.69 Å². The molecule has 6 heteroatoms. The van der Waals surface area contributed by atoms with Gasteiger partial charge < -0.3 is 20.1 Å². The molecule has 2 aliphatic heterocycles. The van der Waals surface area contributed by atoms with E-state index in [-0.39, 0.29) is 12.0 Å². The number of carbonyl (C=O) groups excluding carboxylic acids is 1. The van der Waals surface area contributed by atoms with Crippen LogP contribution in [0.1, 0.15) is 5.56 Å². The smallest absolute Gasteiger partial charge is 0.253 e. The van der Waals surface area contributed by atoms with E-state index in [9.17, 15) is 9.90 Å². The van der Waals surface area contributed by atoms with Crippen molar-refractivity contribution in [1.29, 1.82) is 0 Å². The van der Waals surface area contributed by atoms with Crippen molar-refractivity contribution in [3.63, 3.8) is 0 Å². The number of phenols is 1. The zero-order valence-electron chi connectivity index (χ0n) is 12.7. The van der Waals surface area contributed by atoms with E-state index in [1.165, 1.54) is 0 Å². The maximum absolute atomic E-state index is 12.4. The Bertz CT molecular complexity index is 509. The van der Waals surface area contributed by atoms with Crippen LogP contribution in [0.4, 0.5) is 0 Å². The van der Waals surface area contributed by atoms with Crippen LogP contribution in [0.5, 0.6) is 5.75 Å². The number of carbonyl (C=O) groups is 1. The molecule has 1 unspecified atom stereocenters. The van der Waals surface area contributed by atoms with E-state index in [4.69, 9.17) is 4.74 Å². The first-order valence-electron chi connectivity index (χ1n) is 7.84. The van der Waals surface area contributed by atoms with E-state index in [0.29, 0.717) is 18.9 Å². The third kappa shape index (κ3) is 3.76. The lowest BCUT2D eigenvalue weighted by molar-refractivity contribution is -0.147. The lowest BCUT2D eigenvalue weighted by atomic mass is 10.1. The van der Waals surface area contributed by atoms with Gasteiger partial charge in [-0.15, -0.1) is 0 Å². The van der Waals surface area contributed by atoms with Crippen LogP contribution in [0.25, 0.3) is 0 Å². The van der Waals surface area contributed by atoms with Gasteiger partial charge in [0.25, 0.3) is 5.91 Å². The molecule has 0 radical (unpaired) electrons. The number of benzene rings is 1. The fraction of sp³-hybridized carbons (Fsp3) is 0.562. The van der Waals surface area contributed by atoms with Crippen molar-refractivity contribution in [3.8, 4) is 5.75 Å². The van der Waals surface area contributed by atoms with E-state index in [2.05, 4.69) is 10.2 Å². The first kappa shape index (κ1) is 15.3. The van der Waals surface area contributed by atoms with Crippen LogP contribution >= 0.6 is 0 Å². The van der Waals surface area contributed by atoms with Crippen LogP contribution in [0.15, 0.2) is 24.3 Å². The Morgan fingerprint density at radius 2 is 2.14 bits per heavy atom. The summed E-state index contributed by atoms with van der Waals surface area (Å²) in [4.78, 5) is 16.6. The Hall–Kier alpha value is -1.63. The highest BCUT2D eigenvalue weighted by molar-refractivity contribution is 5.81. The number of phenolic OH excluding ortho intramolecular Hbond substituents is 1. The number of piperazine rings is 1. The van der Waals surface area contributed by atoms with E-state index >= 15 is 0 Å². The molecule has 2 N–H and O–H groups in total. The predicted molar refractivity (Wildman–Crippen MR) is 82.6 cm³/mol. The first-order chi connectivity index (χ1) is 10.7. The van der Waals surface area contributed by atoms with Crippen LogP contribution in [0, 0.1) is 0 Å². The second-order valence-electron chi connectivity index (χ2n) is 5.83.